The van der Waals surface area contributed by atoms with E-state index < -0.39 is 10.0 Å². The van der Waals surface area contributed by atoms with Crippen molar-refractivity contribution in [2.24, 2.45) is 0 Å². The number of alkyl halides is 1. The van der Waals surface area contributed by atoms with Gasteiger partial charge in [0.1, 0.15) is 0 Å². The second kappa shape index (κ2) is 6.79. The molecule has 1 N–H and O–H groups in total. The maximum absolute atomic E-state index is 11.2. The third kappa shape index (κ3) is 6.46. The molecule has 0 aromatic heterocycles. The minimum Gasteiger partial charge on any atom is -0.215 e. The molecule has 0 bridgehead atoms. The summed E-state index contributed by atoms with van der Waals surface area (Å²) in [4.78, 5) is 0. The Morgan fingerprint density at radius 1 is 1.23 bits per heavy atom. The lowest BCUT2D eigenvalue weighted by molar-refractivity contribution is 0.567. The summed E-state index contributed by atoms with van der Waals surface area (Å²) in [6, 6.07) is 0. The van der Waals surface area contributed by atoms with E-state index in [1.54, 1.807) is 13.8 Å². The first-order valence-electron chi connectivity index (χ1n) is 4.55. The maximum atomic E-state index is 11.2. The lowest BCUT2D eigenvalue weighted by atomic mass is 10.3. The SMILES string of the molecule is CC(C)S(=O)(=O)NCCCCCBr. The minimum atomic E-state index is -3.05. The molecule has 0 rings (SSSR count). The fraction of sp³-hybridized carbons (Fsp3) is 1.00. The van der Waals surface area contributed by atoms with E-state index in [1.165, 1.54) is 0 Å². The Balaban J connectivity index is 3.53. The average molecular weight is 272 g/mol. The summed E-state index contributed by atoms with van der Waals surface area (Å²) >= 11 is 3.33. The first-order chi connectivity index (χ1) is 6.00. The maximum Gasteiger partial charge on any atom is 0.213 e. The van der Waals surface area contributed by atoms with Crippen molar-refractivity contribution in [3.8, 4) is 0 Å². The lowest BCUT2D eigenvalue weighted by Gasteiger charge is -2.08. The summed E-state index contributed by atoms with van der Waals surface area (Å²) in [7, 11) is -3.05. The van der Waals surface area contributed by atoms with Gasteiger partial charge in [-0.05, 0) is 26.7 Å². The highest BCUT2D eigenvalue weighted by atomic mass is 79.9. The standard InChI is InChI=1S/C8H18BrNO2S/c1-8(2)13(11,12)10-7-5-3-4-6-9/h8,10H,3-7H2,1-2H3. The Labute approximate surface area is 89.5 Å². The van der Waals surface area contributed by atoms with Gasteiger partial charge in [0.05, 0.1) is 5.25 Å². The first-order valence-corrected chi connectivity index (χ1v) is 7.22. The Hall–Kier alpha value is 0.390. The number of unbranched alkanes of at least 4 members (excludes halogenated alkanes) is 2. The molecular formula is C8H18BrNO2S. The molecule has 0 fully saturated rings. The molecule has 3 nitrogen and oxygen atoms in total. The number of sulfonamides is 1. The predicted molar refractivity (Wildman–Crippen MR) is 59.7 cm³/mol. The molecule has 0 radical (unpaired) electrons. The normalized spacial score (nSPS) is 12.3. The molecule has 0 spiro atoms. The second-order valence-electron chi connectivity index (χ2n) is 3.24. The molecule has 5 heteroatoms. The molecule has 0 atom stereocenters. The predicted octanol–water partition coefficient (Wildman–Crippen LogP) is 1.88. The number of hydrogen-bond donors (Lipinski definition) is 1. The van der Waals surface area contributed by atoms with E-state index in [0.29, 0.717) is 6.54 Å². The van der Waals surface area contributed by atoms with Gasteiger partial charge in [-0.25, -0.2) is 13.1 Å². The van der Waals surface area contributed by atoms with Crippen LogP contribution in [0.5, 0.6) is 0 Å². The van der Waals surface area contributed by atoms with Crippen LogP contribution >= 0.6 is 15.9 Å². The molecule has 0 aromatic carbocycles. The highest BCUT2D eigenvalue weighted by molar-refractivity contribution is 9.09. The molecule has 0 aliphatic carbocycles. The van der Waals surface area contributed by atoms with Crippen molar-refractivity contribution in [2.45, 2.75) is 38.4 Å². The second-order valence-corrected chi connectivity index (χ2v) is 6.35. The fourth-order valence-corrected chi connectivity index (χ4v) is 1.94. The van der Waals surface area contributed by atoms with E-state index >= 15 is 0 Å². The Morgan fingerprint density at radius 2 is 1.85 bits per heavy atom. The number of rotatable bonds is 7. The van der Waals surface area contributed by atoms with Gasteiger partial charge in [-0.3, -0.25) is 0 Å². The summed E-state index contributed by atoms with van der Waals surface area (Å²) in [5.41, 5.74) is 0. The van der Waals surface area contributed by atoms with Crippen molar-refractivity contribution in [1.82, 2.24) is 4.72 Å². The van der Waals surface area contributed by atoms with Crippen LogP contribution in [0.15, 0.2) is 0 Å². The van der Waals surface area contributed by atoms with Crippen molar-refractivity contribution in [3.05, 3.63) is 0 Å². The van der Waals surface area contributed by atoms with E-state index in [-0.39, 0.29) is 5.25 Å². The Morgan fingerprint density at radius 3 is 2.31 bits per heavy atom. The van der Waals surface area contributed by atoms with Crippen molar-refractivity contribution in [2.75, 3.05) is 11.9 Å². The van der Waals surface area contributed by atoms with Crippen LogP contribution in [0.4, 0.5) is 0 Å². The van der Waals surface area contributed by atoms with Crippen LogP contribution in [-0.2, 0) is 10.0 Å². The largest absolute Gasteiger partial charge is 0.215 e. The van der Waals surface area contributed by atoms with Crippen LogP contribution in [0.2, 0.25) is 0 Å². The molecule has 0 heterocycles. The molecule has 0 aliphatic rings. The first kappa shape index (κ1) is 13.4. The van der Waals surface area contributed by atoms with Gasteiger partial charge in [-0.2, -0.15) is 0 Å². The van der Waals surface area contributed by atoms with Crippen LogP contribution in [0.1, 0.15) is 33.1 Å². The molecule has 0 saturated heterocycles. The van der Waals surface area contributed by atoms with Crippen LogP contribution in [0.3, 0.4) is 0 Å². The molecule has 0 amide bonds. The van der Waals surface area contributed by atoms with Gasteiger partial charge in [0.25, 0.3) is 0 Å². The third-order valence-corrected chi connectivity index (χ3v) is 4.14. The van der Waals surface area contributed by atoms with Crippen LogP contribution in [0.25, 0.3) is 0 Å². The van der Waals surface area contributed by atoms with E-state index in [0.717, 1.165) is 24.6 Å². The highest BCUT2D eigenvalue weighted by Gasteiger charge is 2.13. The van der Waals surface area contributed by atoms with E-state index in [1.807, 2.05) is 0 Å². The Kier molecular flexibility index (Phi) is 6.99. The number of nitrogens with one attached hydrogen (secondary N) is 1. The zero-order valence-corrected chi connectivity index (χ0v) is 10.6. The fourth-order valence-electron chi connectivity index (χ4n) is 0.777. The molecule has 0 saturated carbocycles. The Bertz CT molecular complexity index is 214. The summed E-state index contributed by atoms with van der Waals surface area (Å²) in [5.74, 6) is 0. The monoisotopic (exact) mass is 271 g/mol. The van der Waals surface area contributed by atoms with Crippen molar-refractivity contribution < 1.29 is 8.42 Å². The van der Waals surface area contributed by atoms with Crippen molar-refractivity contribution in [3.63, 3.8) is 0 Å². The molecule has 0 aliphatic heterocycles. The van der Waals surface area contributed by atoms with Crippen LogP contribution < -0.4 is 4.72 Å². The van der Waals surface area contributed by atoms with Gasteiger partial charge in [-0.15, -0.1) is 0 Å². The van der Waals surface area contributed by atoms with Gasteiger partial charge >= 0.3 is 0 Å². The molecular weight excluding hydrogens is 254 g/mol. The van der Waals surface area contributed by atoms with Crippen molar-refractivity contribution >= 4 is 26.0 Å². The van der Waals surface area contributed by atoms with Crippen LogP contribution in [-0.4, -0.2) is 25.5 Å². The van der Waals surface area contributed by atoms with E-state index in [9.17, 15) is 8.42 Å². The van der Waals surface area contributed by atoms with E-state index in [4.69, 9.17) is 0 Å². The van der Waals surface area contributed by atoms with Gasteiger partial charge in [0, 0.05) is 11.9 Å². The van der Waals surface area contributed by atoms with E-state index in [2.05, 4.69) is 20.7 Å². The minimum absolute atomic E-state index is 0.330. The molecule has 0 aromatic rings. The smallest absolute Gasteiger partial charge is 0.213 e. The highest BCUT2D eigenvalue weighted by Crippen LogP contribution is 1.99. The van der Waals surface area contributed by atoms with Crippen LogP contribution in [0, 0.1) is 0 Å². The topological polar surface area (TPSA) is 46.2 Å². The summed E-state index contributed by atoms with van der Waals surface area (Å²) in [6.45, 7) is 3.93. The zero-order chi connectivity index (χ0) is 10.3. The van der Waals surface area contributed by atoms with Gasteiger partial charge < -0.3 is 0 Å². The molecule has 13 heavy (non-hydrogen) atoms. The van der Waals surface area contributed by atoms with Gasteiger partial charge in [0.15, 0.2) is 0 Å². The summed E-state index contributed by atoms with van der Waals surface area (Å²) in [5, 5.41) is 0.660. The molecule has 0 unspecified atom stereocenters. The number of hydrogen-bond acceptors (Lipinski definition) is 2. The number of halogens is 1. The average Bonchev–Trinajstić information content (AvgIpc) is 2.03. The third-order valence-electron chi connectivity index (χ3n) is 1.73. The summed E-state index contributed by atoms with van der Waals surface area (Å²) < 4.78 is 25.1. The summed E-state index contributed by atoms with van der Waals surface area (Å²) in [6.07, 6.45) is 3.08. The van der Waals surface area contributed by atoms with Crippen molar-refractivity contribution in [1.29, 1.82) is 0 Å². The lowest BCUT2D eigenvalue weighted by Crippen LogP contribution is -2.31. The van der Waals surface area contributed by atoms with Gasteiger partial charge in [0.2, 0.25) is 10.0 Å². The quantitative estimate of drug-likeness (QED) is 0.568. The molecule has 80 valence electrons. The zero-order valence-electron chi connectivity index (χ0n) is 8.22. The van der Waals surface area contributed by atoms with Gasteiger partial charge in [-0.1, -0.05) is 22.4 Å².